The Kier molecular flexibility index (Phi) is 5.89. The highest BCUT2D eigenvalue weighted by Gasteiger charge is 2.37. The van der Waals surface area contributed by atoms with Crippen LogP contribution < -0.4 is 16.4 Å². The average molecular weight is 381 g/mol. The van der Waals surface area contributed by atoms with Crippen molar-refractivity contribution in [2.75, 3.05) is 31.2 Å². The third-order valence-corrected chi connectivity index (χ3v) is 5.19. The molecule has 0 aliphatic carbocycles. The molecule has 28 heavy (non-hydrogen) atoms. The number of nitrogens with zero attached hydrogens (tertiary/aromatic N) is 4. The van der Waals surface area contributed by atoms with Crippen LogP contribution in [0.25, 0.3) is 11.1 Å². The van der Waals surface area contributed by atoms with Gasteiger partial charge in [-0.05, 0) is 31.0 Å². The summed E-state index contributed by atoms with van der Waals surface area (Å²) >= 11 is 0. The molecule has 2 aromatic heterocycles. The predicted molar refractivity (Wildman–Crippen MR) is 110 cm³/mol. The molecular formula is C20H27N7O. The van der Waals surface area contributed by atoms with Crippen molar-refractivity contribution < 1.29 is 4.52 Å². The van der Waals surface area contributed by atoms with Crippen molar-refractivity contribution in [1.82, 2.24) is 25.4 Å². The van der Waals surface area contributed by atoms with Gasteiger partial charge in [-0.1, -0.05) is 43.3 Å². The summed E-state index contributed by atoms with van der Waals surface area (Å²) in [5, 5.41) is 10.5. The zero-order valence-corrected chi connectivity index (χ0v) is 16.7. The molecule has 0 bridgehead atoms. The van der Waals surface area contributed by atoms with E-state index in [1.165, 1.54) is 0 Å². The third-order valence-electron chi connectivity index (χ3n) is 5.19. The van der Waals surface area contributed by atoms with Gasteiger partial charge in [0, 0.05) is 31.0 Å². The smallest absolute Gasteiger partial charge is 0.321 e. The maximum atomic E-state index is 5.57. The van der Waals surface area contributed by atoms with Gasteiger partial charge in [-0.25, -0.2) is 9.97 Å². The lowest BCUT2D eigenvalue weighted by Crippen LogP contribution is -2.31. The van der Waals surface area contributed by atoms with Crippen LogP contribution in [-0.2, 0) is 5.41 Å². The molecule has 148 valence electrons. The number of hydrogen-bond acceptors (Lipinski definition) is 8. The summed E-state index contributed by atoms with van der Waals surface area (Å²) in [6.45, 7) is 7.99. The second-order valence-corrected chi connectivity index (χ2v) is 7.22. The van der Waals surface area contributed by atoms with Crippen LogP contribution >= 0.6 is 0 Å². The molecule has 1 atom stereocenters. The molecular weight excluding hydrogens is 354 g/mol. The van der Waals surface area contributed by atoms with Gasteiger partial charge in [0.05, 0.1) is 5.41 Å². The van der Waals surface area contributed by atoms with Crippen LogP contribution in [0.15, 0.2) is 41.2 Å². The molecule has 8 heteroatoms. The van der Waals surface area contributed by atoms with Gasteiger partial charge in [-0.15, -0.1) is 0 Å². The fourth-order valence-electron chi connectivity index (χ4n) is 3.02. The number of anilines is 2. The van der Waals surface area contributed by atoms with Gasteiger partial charge >= 0.3 is 6.01 Å². The monoisotopic (exact) mass is 381 g/mol. The second-order valence-electron chi connectivity index (χ2n) is 7.22. The summed E-state index contributed by atoms with van der Waals surface area (Å²) in [5.41, 5.74) is 8.24. The van der Waals surface area contributed by atoms with Gasteiger partial charge in [0.15, 0.2) is 5.82 Å². The van der Waals surface area contributed by atoms with E-state index in [2.05, 4.69) is 75.8 Å². The van der Waals surface area contributed by atoms with E-state index in [4.69, 9.17) is 10.3 Å². The number of nitrogens with two attached hydrogens (primary N) is 1. The fraction of sp³-hybridized carbons (Fsp3) is 0.400. The molecule has 1 unspecified atom stereocenters. The Morgan fingerprint density at radius 1 is 1.07 bits per heavy atom. The highest BCUT2D eigenvalue weighted by Crippen LogP contribution is 2.38. The zero-order chi connectivity index (χ0) is 20.1. The van der Waals surface area contributed by atoms with Crippen LogP contribution in [0.5, 0.6) is 0 Å². The molecule has 2 heterocycles. The summed E-state index contributed by atoms with van der Waals surface area (Å²) in [4.78, 5) is 12.7. The van der Waals surface area contributed by atoms with Crippen molar-refractivity contribution >= 4 is 12.0 Å². The molecule has 0 aliphatic heterocycles. The van der Waals surface area contributed by atoms with Crippen molar-refractivity contribution in [3.05, 3.63) is 48.0 Å². The Labute approximate surface area is 165 Å². The number of benzene rings is 1. The average Bonchev–Trinajstić information content (AvgIpc) is 3.17. The van der Waals surface area contributed by atoms with Crippen LogP contribution in [0.1, 0.15) is 32.2 Å². The molecule has 0 amide bonds. The molecule has 0 spiro atoms. The van der Waals surface area contributed by atoms with Gasteiger partial charge in [-0.3, -0.25) is 0 Å². The molecule has 8 nitrogen and oxygen atoms in total. The molecule has 0 saturated carbocycles. The van der Waals surface area contributed by atoms with E-state index in [-0.39, 0.29) is 17.3 Å². The second kappa shape index (κ2) is 8.35. The number of likely N-dealkylation sites (N-methyl/N-ethyl adjacent to an activating group) is 1. The lowest BCUT2D eigenvalue weighted by molar-refractivity contribution is 0.351. The Morgan fingerprint density at radius 2 is 1.75 bits per heavy atom. The van der Waals surface area contributed by atoms with E-state index in [9.17, 15) is 0 Å². The highest BCUT2D eigenvalue weighted by atomic mass is 16.5. The first-order valence-corrected chi connectivity index (χ1v) is 9.36. The van der Waals surface area contributed by atoms with Gasteiger partial charge in [0.2, 0.25) is 5.95 Å². The molecule has 0 saturated heterocycles. The molecule has 0 aliphatic rings. The predicted octanol–water partition coefficient (Wildman–Crippen LogP) is 2.70. The van der Waals surface area contributed by atoms with Crippen LogP contribution in [0, 0.1) is 5.92 Å². The zero-order valence-electron chi connectivity index (χ0n) is 16.7. The first-order valence-electron chi connectivity index (χ1n) is 9.36. The van der Waals surface area contributed by atoms with Crippen molar-refractivity contribution in [2.24, 2.45) is 5.92 Å². The van der Waals surface area contributed by atoms with Gasteiger partial charge in [-0.2, -0.15) is 4.98 Å². The maximum absolute atomic E-state index is 5.57. The van der Waals surface area contributed by atoms with Gasteiger partial charge < -0.3 is 20.9 Å². The minimum absolute atomic E-state index is 0.265. The Morgan fingerprint density at radius 3 is 2.36 bits per heavy atom. The largest absolute Gasteiger partial charge is 0.368 e. The number of nitrogens with one attached hydrogen (secondary N) is 2. The van der Waals surface area contributed by atoms with Crippen LogP contribution in [0.4, 0.5) is 12.0 Å². The first kappa shape index (κ1) is 19.8. The lowest BCUT2D eigenvalue weighted by Gasteiger charge is -2.31. The molecule has 4 N–H and O–H groups in total. The SMILES string of the molecule is CNCCNc1nc(C(C)(c2ccc(-c3cnc(N)nc3)cc2)C(C)C)no1. The number of nitrogen functional groups attached to an aromatic ring is 1. The van der Waals surface area contributed by atoms with Crippen molar-refractivity contribution in [2.45, 2.75) is 26.2 Å². The van der Waals surface area contributed by atoms with Crippen molar-refractivity contribution in [1.29, 1.82) is 0 Å². The van der Waals surface area contributed by atoms with Crippen molar-refractivity contribution in [3.8, 4) is 11.1 Å². The first-order chi connectivity index (χ1) is 13.4. The lowest BCUT2D eigenvalue weighted by atomic mass is 9.72. The molecule has 3 rings (SSSR count). The van der Waals surface area contributed by atoms with Crippen molar-refractivity contribution in [3.63, 3.8) is 0 Å². The molecule has 0 radical (unpaired) electrons. The summed E-state index contributed by atoms with van der Waals surface area (Å²) in [6, 6.07) is 8.73. The van der Waals surface area contributed by atoms with E-state index in [0.29, 0.717) is 11.8 Å². The van der Waals surface area contributed by atoms with Crippen LogP contribution in [0.3, 0.4) is 0 Å². The standard InChI is InChI=1S/C20H27N7O/c1-13(2)20(3,17-26-19(28-27-17)23-10-9-22-4)16-7-5-14(6-8-16)15-11-24-18(21)25-12-15/h5-8,11-13,22H,9-10H2,1-4H3,(H2,21,24,25)(H,23,26,27). The van der Waals surface area contributed by atoms with E-state index in [1.54, 1.807) is 12.4 Å². The fourth-order valence-corrected chi connectivity index (χ4v) is 3.02. The summed E-state index contributed by atoms with van der Waals surface area (Å²) in [6.07, 6.45) is 3.45. The van der Waals surface area contributed by atoms with E-state index < -0.39 is 0 Å². The minimum atomic E-state index is -0.386. The third kappa shape index (κ3) is 3.96. The quantitative estimate of drug-likeness (QED) is 0.510. The minimum Gasteiger partial charge on any atom is -0.368 e. The summed E-state index contributed by atoms with van der Waals surface area (Å²) < 4.78 is 5.40. The normalized spacial score (nSPS) is 13.5. The van der Waals surface area contributed by atoms with Gasteiger partial charge in [0.1, 0.15) is 0 Å². The molecule has 3 aromatic rings. The number of hydrogen-bond donors (Lipinski definition) is 3. The number of aromatic nitrogens is 4. The molecule has 1 aromatic carbocycles. The molecule has 0 fully saturated rings. The summed E-state index contributed by atoms with van der Waals surface area (Å²) in [5.74, 6) is 1.20. The maximum Gasteiger partial charge on any atom is 0.321 e. The topological polar surface area (TPSA) is 115 Å². The van der Waals surface area contributed by atoms with Gasteiger partial charge in [0.25, 0.3) is 0 Å². The Bertz CT molecular complexity index is 890. The van der Waals surface area contributed by atoms with E-state index in [1.807, 2.05) is 7.05 Å². The van der Waals surface area contributed by atoms with Crippen LogP contribution in [-0.4, -0.2) is 40.2 Å². The van der Waals surface area contributed by atoms with Crippen LogP contribution in [0.2, 0.25) is 0 Å². The summed E-state index contributed by atoms with van der Waals surface area (Å²) in [7, 11) is 1.90. The highest BCUT2D eigenvalue weighted by molar-refractivity contribution is 5.62. The Hall–Kier alpha value is -3.00. The Balaban J connectivity index is 1.88. The number of rotatable bonds is 8. The van der Waals surface area contributed by atoms with E-state index >= 15 is 0 Å². The van der Waals surface area contributed by atoms with E-state index in [0.717, 1.165) is 29.8 Å².